The van der Waals surface area contributed by atoms with E-state index in [0.29, 0.717) is 6.54 Å². The quantitative estimate of drug-likeness (QED) is 0.292. The van der Waals surface area contributed by atoms with Gasteiger partial charge in [0, 0.05) is 35.2 Å². The number of hydrogen-bond donors (Lipinski definition) is 3. The maximum absolute atomic E-state index is 12.9. The molecule has 164 valence electrons. The third-order valence-corrected chi connectivity index (χ3v) is 6.24. The molecule has 1 heterocycles. The molecule has 0 bridgehead atoms. The summed E-state index contributed by atoms with van der Waals surface area (Å²) >= 11 is 0. The number of fused-ring (bicyclic) bond motifs is 2. The van der Waals surface area contributed by atoms with E-state index in [9.17, 15) is 4.79 Å². The van der Waals surface area contributed by atoms with Crippen molar-refractivity contribution in [1.82, 2.24) is 10.3 Å². The van der Waals surface area contributed by atoms with Crippen LogP contribution in [0, 0.1) is 0 Å². The van der Waals surface area contributed by atoms with Gasteiger partial charge in [-0.05, 0) is 47.0 Å². The van der Waals surface area contributed by atoms with Crippen molar-refractivity contribution < 1.29 is 4.79 Å². The monoisotopic (exact) mass is 433 g/mol. The topological polar surface area (TPSA) is 56.9 Å². The van der Waals surface area contributed by atoms with Crippen molar-refractivity contribution >= 4 is 33.3 Å². The van der Waals surface area contributed by atoms with E-state index in [1.165, 1.54) is 16.5 Å². The van der Waals surface area contributed by atoms with E-state index in [0.717, 1.165) is 22.0 Å². The van der Waals surface area contributed by atoms with Crippen LogP contribution >= 0.6 is 0 Å². The predicted molar refractivity (Wildman–Crippen MR) is 137 cm³/mol. The van der Waals surface area contributed by atoms with E-state index in [2.05, 4.69) is 76.4 Å². The van der Waals surface area contributed by atoms with Crippen molar-refractivity contribution in [2.24, 2.45) is 0 Å². The average Bonchev–Trinajstić information content (AvgIpc) is 3.28. The zero-order valence-corrected chi connectivity index (χ0v) is 18.6. The fraction of sp³-hybridized carbons (Fsp3) is 0.138. The number of benzene rings is 4. The van der Waals surface area contributed by atoms with Gasteiger partial charge in [0.05, 0.1) is 6.04 Å². The fourth-order valence-corrected chi connectivity index (χ4v) is 4.38. The predicted octanol–water partition coefficient (Wildman–Crippen LogP) is 6.07. The summed E-state index contributed by atoms with van der Waals surface area (Å²) < 4.78 is 0. The second kappa shape index (κ2) is 9.31. The molecule has 0 aliphatic rings. The Morgan fingerprint density at radius 1 is 0.848 bits per heavy atom. The minimum absolute atomic E-state index is 0.0454. The molecule has 0 radical (unpaired) electrons. The van der Waals surface area contributed by atoms with Gasteiger partial charge in [-0.3, -0.25) is 4.79 Å². The summed E-state index contributed by atoms with van der Waals surface area (Å²) in [6, 6.07) is 32.6. The van der Waals surface area contributed by atoms with Gasteiger partial charge in [-0.25, -0.2) is 0 Å². The molecule has 3 N–H and O–H groups in total. The second-order valence-corrected chi connectivity index (χ2v) is 8.43. The zero-order valence-electron chi connectivity index (χ0n) is 18.6. The molecule has 4 heteroatoms. The van der Waals surface area contributed by atoms with Gasteiger partial charge < -0.3 is 15.6 Å². The first-order valence-corrected chi connectivity index (χ1v) is 11.3. The minimum Gasteiger partial charge on any atom is -0.361 e. The number of carbonyl (C=O) groups is 1. The maximum Gasteiger partial charge on any atom is 0.241 e. The highest BCUT2D eigenvalue weighted by Crippen LogP contribution is 2.30. The van der Waals surface area contributed by atoms with Gasteiger partial charge in [-0.2, -0.15) is 0 Å². The number of nitrogens with one attached hydrogen (secondary N) is 3. The van der Waals surface area contributed by atoms with Crippen LogP contribution in [0.5, 0.6) is 0 Å². The van der Waals surface area contributed by atoms with E-state index < -0.39 is 0 Å². The molecule has 0 spiro atoms. The number of amides is 1. The van der Waals surface area contributed by atoms with Crippen molar-refractivity contribution in [1.29, 1.82) is 0 Å². The van der Waals surface area contributed by atoms with Crippen LogP contribution in [-0.4, -0.2) is 23.5 Å². The number of anilines is 1. The third-order valence-electron chi connectivity index (χ3n) is 6.24. The van der Waals surface area contributed by atoms with E-state index in [4.69, 9.17) is 0 Å². The molecule has 0 saturated heterocycles. The Morgan fingerprint density at radius 3 is 2.42 bits per heavy atom. The first-order valence-electron chi connectivity index (χ1n) is 11.3. The van der Waals surface area contributed by atoms with Crippen LogP contribution in [0.25, 0.3) is 21.7 Å². The van der Waals surface area contributed by atoms with Crippen molar-refractivity contribution in [3.05, 3.63) is 114 Å². The molecule has 1 aromatic heterocycles. The second-order valence-electron chi connectivity index (χ2n) is 8.43. The summed E-state index contributed by atoms with van der Waals surface area (Å²) in [5, 5.41) is 10.00. The van der Waals surface area contributed by atoms with Gasteiger partial charge in [-0.15, -0.1) is 0 Å². The molecule has 2 atom stereocenters. The Morgan fingerprint density at radius 2 is 1.58 bits per heavy atom. The Labute approximate surface area is 193 Å². The van der Waals surface area contributed by atoms with Gasteiger partial charge in [0.25, 0.3) is 0 Å². The largest absolute Gasteiger partial charge is 0.361 e. The first kappa shape index (κ1) is 21.0. The summed E-state index contributed by atoms with van der Waals surface area (Å²) in [4.78, 5) is 16.3. The fourth-order valence-electron chi connectivity index (χ4n) is 4.38. The summed E-state index contributed by atoms with van der Waals surface area (Å²) in [6.07, 6.45) is 2.09. The molecule has 33 heavy (non-hydrogen) atoms. The molecule has 0 fully saturated rings. The van der Waals surface area contributed by atoms with E-state index in [1.807, 2.05) is 49.4 Å². The summed E-state index contributed by atoms with van der Waals surface area (Å²) in [5.74, 6) is 0.0780. The van der Waals surface area contributed by atoms with Crippen molar-refractivity contribution in [3.63, 3.8) is 0 Å². The van der Waals surface area contributed by atoms with Crippen LogP contribution in [0.4, 0.5) is 5.69 Å². The number of hydrogen-bond acceptors (Lipinski definition) is 2. The Kier molecular flexibility index (Phi) is 5.92. The number of aromatic amines is 1. The van der Waals surface area contributed by atoms with Crippen LogP contribution < -0.4 is 10.6 Å². The molecule has 4 nitrogen and oxygen atoms in total. The molecular weight excluding hydrogens is 406 g/mol. The van der Waals surface area contributed by atoms with Crippen LogP contribution in [0.1, 0.15) is 24.0 Å². The number of rotatable bonds is 7. The molecule has 2 unspecified atom stereocenters. The van der Waals surface area contributed by atoms with Crippen LogP contribution in [-0.2, 0) is 4.79 Å². The molecule has 1 amide bonds. The van der Waals surface area contributed by atoms with Crippen LogP contribution in [0.3, 0.4) is 0 Å². The molecule has 0 aliphatic heterocycles. The third kappa shape index (κ3) is 4.52. The number of aromatic nitrogens is 1. The Bertz CT molecular complexity index is 1390. The lowest BCUT2D eigenvalue weighted by Gasteiger charge is -2.21. The van der Waals surface area contributed by atoms with Gasteiger partial charge >= 0.3 is 0 Å². The molecule has 4 aromatic carbocycles. The standard InChI is InChI=1S/C29H27N3O/c1-20(29(33)32-24-16-15-21-9-5-6-12-23(21)17-24)30-18-26(22-10-3-2-4-11-22)27-19-31-28-14-8-7-13-25(27)28/h2-17,19-20,26,30-31H,18H2,1H3,(H,32,33). The summed E-state index contributed by atoms with van der Waals surface area (Å²) in [5.41, 5.74) is 4.38. The van der Waals surface area contributed by atoms with Gasteiger partial charge in [0.1, 0.15) is 0 Å². The number of para-hydroxylation sites is 1. The Balaban J connectivity index is 1.32. The van der Waals surface area contributed by atoms with E-state index in [-0.39, 0.29) is 17.9 Å². The lowest BCUT2D eigenvalue weighted by atomic mass is 9.90. The smallest absolute Gasteiger partial charge is 0.241 e. The SMILES string of the molecule is CC(NCC(c1ccccc1)c1c[nH]c2ccccc12)C(=O)Nc1ccc2ccccc2c1. The number of carbonyl (C=O) groups excluding carboxylic acids is 1. The normalized spacial score (nSPS) is 13.1. The van der Waals surface area contributed by atoms with Gasteiger partial charge in [0.15, 0.2) is 0 Å². The lowest BCUT2D eigenvalue weighted by Crippen LogP contribution is -2.40. The molecule has 0 saturated carbocycles. The van der Waals surface area contributed by atoms with E-state index >= 15 is 0 Å². The number of H-pyrrole nitrogens is 1. The molecular formula is C29H27N3O. The Hall–Kier alpha value is -3.89. The van der Waals surface area contributed by atoms with Crippen molar-refractivity contribution in [3.8, 4) is 0 Å². The first-order chi connectivity index (χ1) is 16.2. The highest BCUT2D eigenvalue weighted by Gasteiger charge is 2.21. The van der Waals surface area contributed by atoms with Crippen molar-refractivity contribution in [2.75, 3.05) is 11.9 Å². The molecule has 5 rings (SSSR count). The highest BCUT2D eigenvalue weighted by molar-refractivity contribution is 5.97. The average molecular weight is 434 g/mol. The maximum atomic E-state index is 12.9. The summed E-state index contributed by atoms with van der Waals surface area (Å²) in [7, 11) is 0. The molecule has 5 aromatic rings. The summed E-state index contributed by atoms with van der Waals surface area (Å²) in [6.45, 7) is 2.56. The van der Waals surface area contributed by atoms with Gasteiger partial charge in [-0.1, -0.05) is 78.9 Å². The zero-order chi connectivity index (χ0) is 22.6. The van der Waals surface area contributed by atoms with Gasteiger partial charge in [0.2, 0.25) is 5.91 Å². The lowest BCUT2D eigenvalue weighted by molar-refractivity contribution is -0.117. The van der Waals surface area contributed by atoms with E-state index in [1.54, 1.807) is 0 Å². The van der Waals surface area contributed by atoms with Crippen molar-refractivity contribution in [2.45, 2.75) is 18.9 Å². The highest BCUT2D eigenvalue weighted by atomic mass is 16.2. The van der Waals surface area contributed by atoms with Crippen LogP contribution in [0.2, 0.25) is 0 Å². The molecule has 0 aliphatic carbocycles. The minimum atomic E-state index is -0.340. The van der Waals surface area contributed by atoms with Crippen LogP contribution in [0.15, 0.2) is 103 Å².